The highest BCUT2D eigenvalue weighted by atomic mass is 35.5. The summed E-state index contributed by atoms with van der Waals surface area (Å²) in [6.07, 6.45) is -5.21. The topological polar surface area (TPSA) is 23.8 Å². The van der Waals surface area contributed by atoms with E-state index in [1.54, 1.807) is 0 Å². The minimum atomic E-state index is -5.21. The molecule has 0 unspecified atom stereocenters. The Labute approximate surface area is 96.0 Å². The van der Waals surface area contributed by atoms with Crippen LogP contribution < -0.4 is 0 Å². The summed E-state index contributed by atoms with van der Waals surface area (Å²) in [7, 11) is 0. The molecule has 8 heteroatoms. The van der Waals surface area contributed by atoms with E-state index in [0.29, 0.717) is 0 Å². The van der Waals surface area contributed by atoms with Crippen molar-refractivity contribution in [2.75, 3.05) is 0 Å². The second kappa shape index (κ2) is 4.07. The molecule has 0 radical (unpaired) electrons. The van der Waals surface area contributed by atoms with Gasteiger partial charge < -0.3 is 0 Å². The Balaban J connectivity index is 3.78. The van der Waals surface area contributed by atoms with Crippen LogP contribution in [0.25, 0.3) is 0 Å². The van der Waals surface area contributed by atoms with E-state index in [1.807, 2.05) is 0 Å². The monoisotopic (exact) mass is 275 g/mol. The summed E-state index contributed by atoms with van der Waals surface area (Å²) in [5.41, 5.74) is -2.98. The zero-order valence-electron chi connectivity index (χ0n) is 7.09. The van der Waals surface area contributed by atoms with Gasteiger partial charge in [-0.25, -0.2) is 8.78 Å². The van der Waals surface area contributed by atoms with Crippen molar-refractivity contribution in [3.8, 4) is 6.07 Å². The molecule has 0 spiro atoms. The van der Waals surface area contributed by atoms with E-state index in [-0.39, 0.29) is 0 Å². The zero-order chi connectivity index (χ0) is 12.7. The maximum atomic E-state index is 13.0. The lowest BCUT2D eigenvalue weighted by molar-refractivity contribution is -0.140. The van der Waals surface area contributed by atoms with Gasteiger partial charge in [-0.15, -0.1) is 0 Å². The van der Waals surface area contributed by atoms with Gasteiger partial charge in [0.25, 0.3) is 0 Å². The zero-order valence-corrected chi connectivity index (χ0v) is 8.60. The SMILES string of the molecule is N#Cc1c(Cl)c(F)c(F)c(C(F)(F)F)c1Cl. The second-order valence-electron chi connectivity index (χ2n) is 2.62. The molecule has 0 saturated heterocycles. The standard InChI is InChI=1S/C8Cl2F5N/c9-4-2(1-16)5(10)7(12)6(11)3(4)8(13,14)15. The Bertz CT molecular complexity index is 489. The van der Waals surface area contributed by atoms with E-state index in [0.717, 1.165) is 0 Å². The number of nitrogens with zero attached hydrogens (tertiary/aromatic N) is 1. The first-order chi connectivity index (χ1) is 7.21. The van der Waals surface area contributed by atoms with E-state index >= 15 is 0 Å². The van der Waals surface area contributed by atoms with Gasteiger partial charge >= 0.3 is 6.18 Å². The van der Waals surface area contributed by atoms with Crippen molar-refractivity contribution in [1.29, 1.82) is 5.26 Å². The van der Waals surface area contributed by atoms with E-state index < -0.39 is 39.0 Å². The normalized spacial score (nSPS) is 11.4. The minimum absolute atomic E-state index is 0.949. The van der Waals surface area contributed by atoms with Crippen LogP contribution in [-0.4, -0.2) is 0 Å². The van der Waals surface area contributed by atoms with Crippen LogP contribution in [0.2, 0.25) is 10.0 Å². The molecule has 0 amide bonds. The predicted molar refractivity (Wildman–Crippen MR) is 46.1 cm³/mol. The van der Waals surface area contributed by atoms with Gasteiger partial charge in [-0.1, -0.05) is 23.2 Å². The molecule has 16 heavy (non-hydrogen) atoms. The molecule has 1 aromatic rings. The van der Waals surface area contributed by atoms with Crippen LogP contribution >= 0.6 is 23.2 Å². The summed E-state index contributed by atoms with van der Waals surface area (Å²) in [4.78, 5) is 0. The van der Waals surface area contributed by atoms with E-state index in [1.165, 1.54) is 6.07 Å². The van der Waals surface area contributed by atoms with Crippen LogP contribution in [0.5, 0.6) is 0 Å². The quantitative estimate of drug-likeness (QED) is 0.396. The smallest absolute Gasteiger partial charge is 0.203 e. The van der Waals surface area contributed by atoms with Gasteiger partial charge in [-0.2, -0.15) is 18.4 Å². The van der Waals surface area contributed by atoms with Crippen molar-refractivity contribution in [3.63, 3.8) is 0 Å². The summed E-state index contributed by atoms with van der Waals surface area (Å²) in [6.45, 7) is 0. The van der Waals surface area contributed by atoms with Gasteiger partial charge in [-0.05, 0) is 0 Å². The molecule has 0 aliphatic heterocycles. The number of hydrogen-bond donors (Lipinski definition) is 0. The second-order valence-corrected chi connectivity index (χ2v) is 3.37. The highest BCUT2D eigenvalue weighted by Crippen LogP contribution is 2.41. The van der Waals surface area contributed by atoms with Crippen LogP contribution in [0.4, 0.5) is 22.0 Å². The van der Waals surface area contributed by atoms with Gasteiger partial charge in [0.1, 0.15) is 11.6 Å². The highest BCUT2D eigenvalue weighted by Gasteiger charge is 2.40. The summed E-state index contributed by atoms with van der Waals surface area (Å²) >= 11 is 10.3. The van der Waals surface area contributed by atoms with Crippen molar-refractivity contribution in [3.05, 3.63) is 32.8 Å². The third-order valence-corrected chi connectivity index (χ3v) is 2.39. The van der Waals surface area contributed by atoms with Crippen molar-refractivity contribution in [2.24, 2.45) is 0 Å². The predicted octanol–water partition coefficient (Wildman–Crippen LogP) is 4.16. The van der Waals surface area contributed by atoms with Gasteiger partial charge in [0.2, 0.25) is 0 Å². The number of hydrogen-bond acceptors (Lipinski definition) is 1. The lowest BCUT2D eigenvalue weighted by Gasteiger charge is -2.12. The van der Waals surface area contributed by atoms with Gasteiger partial charge in [0, 0.05) is 0 Å². The molecule has 0 saturated carbocycles. The lowest BCUT2D eigenvalue weighted by atomic mass is 10.1. The van der Waals surface area contributed by atoms with E-state index in [9.17, 15) is 22.0 Å². The molecule has 0 atom stereocenters. The Morgan fingerprint density at radius 1 is 1.00 bits per heavy atom. The van der Waals surface area contributed by atoms with Crippen molar-refractivity contribution >= 4 is 23.2 Å². The summed E-state index contributed by atoms with van der Waals surface area (Å²) in [6, 6.07) is 1.17. The molecule has 0 heterocycles. The molecular weight excluding hydrogens is 276 g/mol. The fourth-order valence-electron chi connectivity index (χ4n) is 0.981. The molecule has 0 aromatic heterocycles. The number of nitriles is 1. The molecule has 1 aromatic carbocycles. The van der Waals surface area contributed by atoms with E-state index in [2.05, 4.69) is 0 Å². The fourth-order valence-corrected chi connectivity index (χ4v) is 1.58. The van der Waals surface area contributed by atoms with Gasteiger partial charge in [0.05, 0.1) is 15.6 Å². The molecule has 0 aliphatic carbocycles. The number of alkyl halides is 3. The Morgan fingerprint density at radius 3 is 1.88 bits per heavy atom. The molecule has 86 valence electrons. The van der Waals surface area contributed by atoms with Crippen LogP contribution in [-0.2, 0) is 6.18 Å². The number of rotatable bonds is 0. The summed E-state index contributed by atoms with van der Waals surface area (Å²) in [5.74, 6) is -4.17. The van der Waals surface area contributed by atoms with E-state index in [4.69, 9.17) is 28.5 Å². The third kappa shape index (κ3) is 1.93. The minimum Gasteiger partial charge on any atom is -0.203 e. The molecule has 0 N–H and O–H groups in total. The lowest BCUT2D eigenvalue weighted by Crippen LogP contribution is -2.12. The Kier molecular flexibility index (Phi) is 3.31. The largest absolute Gasteiger partial charge is 0.420 e. The Morgan fingerprint density at radius 2 is 1.50 bits per heavy atom. The van der Waals surface area contributed by atoms with Crippen LogP contribution in [0.15, 0.2) is 0 Å². The maximum absolute atomic E-state index is 13.0. The van der Waals surface area contributed by atoms with Crippen molar-refractivity contribution < 1.29 is 22.0 Å². The summed E-state index contributed by atoms with van der Waals surface area (Å²) < 4.78 is 62.8. The first kappa shape index (κ1) is 13.0. The average Bonchev–Trinajstić information content (AvgIpc) is 2.13. The fraction of sp³-hybridized carbons (Fsp3) is 0.125. The average molecular weight is 276 g/mol. The molecular formula is C8Cl2F5N. The summed E-state index contributed by atoms with van der Waals surface area (Å²) in [5, 5.41) is 6.11. The first-order valence-electron chi connectivity index (χ1n) is 3.55. The van der Waals surface area contributed by atoms with Gasteiger partial charge in [0.15, 0.2) is 11.6 Å². The van der Waals surface area contributed by atoms with Crippen molar-refractivity contribution in [2.45, 2.75) is 6.18 Å². The highest BCUT2D eigenvalue weighted by molar-refractivity contribution is 6.37. The van der Waals surface area contributed by atoms with Crippen LogP contribution in [0.3, 0.4) is 0 Å². The Hall–Kier alpha value is -1.06. The molecule has 0 bridgehead atoms. The van der Waals surface area contributed by atoms with Crippen LogP contribution in [0, 0.1) is 23.0 Å². The molecule has 1 nitrogen and oxygen atoms in total. The van der Waals surface area contributed by atoms with Gasteiger partial charge in [-0.3, -0.25) is 0 Å². The number of benzene rings is 1. The molecule has 1 rings (SSSR count). The number of halogens is 7. The first-order valence-corrected chi connectivity index (χ1v) is 4.30. The van der Waals surface area contributed by atoms with Crippen LogP contribution in [0.1, 0.15) is 11.1 Å². The maximum Gasteiger partial charge on any atom is 0.420 e. The molecule has 0 fully saturated rings. The third-order valence-electron chi connectivity index (χ3n) is 1.66. The van der Waals surface area contributed by atoms with Crippen molar-refractivity contribution in [1.82, 2.24) is 0 Å². The molecule has 0 aliphatic rings.